The van der Waals surface area contributed by atoms with Crippen molar-refractivity contribution in [3.05, 3.63) is 36.4 Å². The molecule has 2 aliphatic heterocycles. The van der Waals surface area contributed by atoms with Crippen LogP contribution < -0.4 is 21.3 Å². The second-order valence-electron chi connectivity index (χ2n) is 7.15. The summed E-state index contributed by atoms with van der Waals surface area (Å²) in [6.45, 7) is 5.59. The molecule has 2 fully saturated rings. The predicted octanol–water partition coefficient (Wildman–Crippen LogP) is 1.36. The van der Waals surface area contributed by atoms with Gasteiger partial charge in [-0.15, -0.1) is 0 Å². The molecule has 2 aliphatic rings. The number of ether oxygens (including phenoxy) is 2. The Morgan fingerprint density at radius 1 is 0.690 bits per heavy atom. The van der Waals surface area contributed by atoms with Gasteiger partial charge in [-0.3, -0.25) is 0 Å². The molecular formula is C20H26N4O4S. The number of nitrogens with zero attached hydrogens (tertiary/aromatic N) is 2. The second kappa shape index (κ2) is 8.10. The van der Waals surface area contributed by atoms with Crippen LogP contribution >= 0.6 is 0 Å². The molecule has 0 aromatic heterocycles. The van der Waals surface area contributed by atoms with E-state index in [1.54, 1.807) is 36.4 Å². The summed E-state index contributed by atoms with van der Waals surface area (Å²) in [5.41, 5.74) is 14.5. The molecule has 0 aliphatic carbocycles. The molecule has 0 amide bonds. The number of rotatable bonds is 4. The smallest absolute Gasteiger partial charge is 0.210 e. The van der Waals surface area contributed by atoms with Crippen molar-refractivity contribution < 1.29 is 17.9 Å². The maximum atomic E-state index is 13.2. The predicted molar refractivity (Wildman–Crippen MR) is 113 cm³/mol. The van der Waals surface area contributed by atoms with Crippen LogP contribution in [0.15, 0.2) is 46.2 Å². The molecule has 0 bridgehead atoms. The van der Waals surface area contributed by atoms with Gasteiger partial charge in [-0.05, 0) is 36.4 Å². The fourth-order valence-electron chi connectivity index (χ4n) is 3.72. The zero-order valence-corrected chi connectivity index (χ0v) is 17.0. The van der Waals surface area contributed by atoms with Crippen LogP contribution in [0.3, 0.4) is 0 Å². The number of anilines is 4. The normalized spacial score (nSPS) is 18.1. The highest BCUT2D eigenvalue weighted by Gasteiger charge is 2.25. The van der Waals surface area contributed by atoms with Gasteiger partial charge in [0.05, 0.1) is 47.6 Å². The van der Waals surface area contributed by atoms with Gasteiger partial charge in [0.25, 0.3) is 0 Å². The number of morpholine rings is 2. The fourth-order valence-corrected chi connectivity index (χ4v) is 5.19. The van der Waals surface area contributed by atoms with Crippen LogP contribution in [0.1, 0.15) is 0 Å². The lowest BCUT2D eigenvalue weighted by molar-refractivity contribution is 0.122. The lowest BCUT2D eigenvalue weighted by atomic mass is 10.2. The van der Waals surface area contributed by atoms with E-state index < -0.39 is 9.84 Å². The minimum atomic E-state index is -3.83. The van der Waals surface area contributed by atoms with Gasteiger partial charge in [-0.1, -0.05) is 0 Å². The van der Waals surface area contributed by atoms with Gasteiger partial charge in [0.15, 0.2) is 0 Å². The molecule has 2 aromatic rings. The number of sulfone groups is 1. The highest BCUT2D eigenvalue weighted by Crippen LogP contribution is 2.34. The number of hydrogen-bond acceptors (Lipinski definition) is 8. The first-order valence-corrected chi connectivity index (χ1v) is 11.1. The minimum Gasteiger partial charge on any atom is -0.398 e. The fraction of sp³-hybridized carbons (Fsp3) is 0.400. The van der Waals surface area contributed by atoms with Gasteiger partial charge in [-0.25, -0.2) is 8.42 Å². The summed E-state index contributed by atoms with van der Waals surface area (Å²) in [6, 6.07) is 10.1. The molecule has 2 aromatic carbocycles. The van der Waals surface area contributed by atoms with Gasteiger partial charge in [0, 0.05) is 37.6 Å². The summed E-state index contributed by atoms with van der Waals surface area (Å²) in [7, 11) is -3.83. The van der Waals surface area contributed by atoms with Gasteiger partial charge in [0.1, 0.15) is 0 Å². The van der Waals surface area contributed by atoms with Crippen LogP contribution in [0.25, 0.3) is 0 Å². The Morgan fingerprint density at radius 3 is 1.41 bits per heavy atom. The van der Waals surface area contributed by atoms with Gasteiger partial charge >= 0.3 is 0 Å². The van der Waals surface area contributed by atoms with Crippen molar-refractivity contribution in [3.8, 4) is 0 Å². The summed E-state index contributed by atoms with van der Waals surface area (Å²) in [5, 5.41) is 0. The maximum Gasteiger partial charge on any atom is 0.210 e. The van der Waals surface area contributed by atoms with Crippen molar-refractivity contribution in [2.45, 2.75) is 9.79 Å². The van der Waals surface area contributed by atoms with Crippen molar-refractivity contribution >= 4 is 32.6 Å². The van der Waals surface area contributed by atoms with E-state index in [4.69, 9.17) is 20.9 Å². The first-order valence-electron chi connectivity index (χ1n) is 9.66. The third kappa shape index (κ3) is 3.98. The SMILES string of the molecule is Nc1cc(N2CCOCC2)ccc1S(=O)(=O)c1ccc(N2CCOCC2)cc1N. The first kappa shape index (κ1) is 19.8. The molecule has 8 nitrogen and oxygen atoms in total. The topological polar surface area (TPSA) is 111 Å². The lowest BCUT2D eigenvalue weighted by Crippen LogP contribution is -2.36. The van der Waals surface area contributed by atoms with Crippen LogP contribution in [0, 0.1) is 0 Å². The average Bonchev–Trinajstić information content (AvgIpc) is 2.74. The van der Waals surface area contributed by atoms with E-state index in [0.29, 0.717) is 26.4 Å². The molecule has 2 saturated heterocycles. The molecule has 0 unspecified atom stereocenters. The average molecular weight is 419 g/mol. The second-order valence-corrected chi connectivity index (χ2v) is 9.03. The van der Waals surface area contributed by atoms with Crippen LogP contribution in [-0.4, -0.2) is 61.0 Å². The highest BCUT2D eigenvalue weighted by atomic mass is 32.2. The Hall–Kier alpha value is -2.49. The van der Waals surface area contributed by atoms with Gasteiger partial charge in [0.2, 0.25) is 9.84 Å². The zero-order chi connectivity index (χ0) is 20.4. The van der Waals surface area contributed by atoms with Crippen molar-refractivity contribution in [2.75, 3.05) is 73.9 Å². The summed E-state index contributed by atoms with van der Waals surface area (Å²) in [4.78, 5) is 4.39. The van der Waals surface area contributed by atoms with Gasteiger partial charge < -0.3 is 30.7 Å². The van der Waals surface area contributed by atoms with Crippen LogP contribution in [0.5, 0.6) is 0 Å². The van der Waals surface area contributed by atoms with Crippen molar-refractivity contribution in [2.24, 2.45) is 0 Å². The number of benzene rings is 2. The largest absolute Gasteiger partial charge is 0.398 e. The number of nitrogens with two attached hydrogens (primary N) is 2. The molecule has 4 rings (SSSR count). The Balaban J connectivity index is 1.62. The highest BCUT2D eigenvalue weighted by molar-refractivity contribution is 7.91. The Bertz CT molecular complexity index is 910. The van der Waals surface area contributed by atoms with Crippen LogP contribution in [0.4, 0.5) is 22.7 Å². The zero-order valence-electron chi connectivity index (χ0n) is 16.2. The van der Waals surface area contributed by atoms with E-state index in [1.165, 1.54) is 0 Å². The van der Waals surface area contributed by atoms with Crippen LogP contribution in [0.2, 0.25) is 0 Å². The minimum absolute atomic E-state index is 0.0698. The van der Waals surface area contributed by atoms with Crippen molar-refractivity contribution in [3.63, 3.8) is 0 Å². The summed E-state index contributed by atoms with van der Waals surface area (Å²) in [6.07, 6.45) is 0. The Labute approximate surface area is 170 Å². The lowest BCUT2D eigenvalue weighted by Gasteiger charge is -2.29. The van der Waals surface area contributed by atoms with E-state index >= 15 is 0 Å². The quantitative estimate of drug-likeness (QED) is 0.716. The third-order valence-corrected chi connectivity index (χ3v) is 7.22. The van der Waals surface area contributed by atoms with E-state index in [-0.39, 0.29) is 21.2 Å². The van der Waals surface area contributed by atoms with Crippen molar-refractivity contribution in [1.82, 2.24) is 0 Å². The maximum absolute atomic E-state index is 13.2. The third-order valence-electron chi connectivity index (χ3n) is 5.32. The van der Waals surface area contributed by atoms with E-state index in [0.717, 1.165) is 37.6 Å². The molecule has 29 heavy (non-hydrogen) atoms. The summed E-state index contributed by atoms with van der Waals surface area (Å²) < 4.78 is 37.2. The molecule has 2 heterocycles. The molecule has 0 saturated carbocycles. The van der Waals surface area contributed by atoms with Crippen LogP contribution in [-0.2, 0) is 19.3 Å². The van der Waals surface area contributed by atoms with Gasteiger partial charge in [-0.2, -0.15) is 0 Å². The molecule has 0 radical (unpaired) electrons. The summed E-state index contributed by atoms with van der Waals surface area (Å²) in [5.74, 6) is 0. The molecule has 9 heteroatoms. The Kier molecular flexibility index (Phi) is 5.53. The molecular weight excluding hydrogens is 392 g/mol. The van der Waals surface area contributed by atoms with E-state index in [2.05, 4.69) is 9.80 Å². The molecule has 0 atom stereocenters. The number of nitrogen functional groups attached to an aromatic ring is 2. The van der Waals surface area contributed by atoms with E-state index in [1.807, 2.05) is 0 Å². The van der Waals surface area contributed by atoms with E-state index in [9.17, 15) is 8.42 Å². The molecule has 156 valence electrons. The Morgan fingerprint density at radius 2 is 1.07 bits per heavy atom. The van der Waals surface area contributed by atoms with Crippen molar-refractivity contribution in [1.29, 1.82) is 0 Å². The number of hydrogen-bond donors (Lipinski definition) is 2. The molecule has 0 spiro atoms. The standard InChI is InChI=1S/C20H26N4O4S/c21-17-13-15(23-5-9-27-10-6-23)1-3-19(17)29(25,26)20-4-2-16(14-18(20)22)24-7-11-28-12-8-24/h1-4,13-14H,5-12,21-22H2. The monoisotopic (exact) mass is 418 g/mol. The molecule has 4 N–H and O–H groups in total. The summed E-state index contributed by atoms with van der Waals surface area (Å²) >= 11 is 0. The first-order chi connectivity index (χ1) is 14.0.